The number of nitrogens with zero attached hydrogens (tertiary/aromatic N) is 4. The smallest absolute Gasteiger partial charge is 0.191 e. The summed E-state index contributed by atoms with van der Waals surface area (Å²) in [5, 5.41) is 15.7. The van der Waals surface area contributed by atoms with Gasteiger partial charge in [-0.1, -0.05) is 29.8 Å². The Balaban J connectivity index is 1.99. The van der Waals surface area contributed by atoms with Gasteiger partial charge >= 0.3 is 0 Å². The molecule has 0 aliphatic carbocycles. The highest BCUT2D eigenvalue weighted by atomic mass is 35.5. The summed E-state index contributed by atoms with van der Waals surface area (Å²) in [5.74, 6) is 3.63. The van der Waals surface area contributed by atoms with Crippen molar-refractivity contribution in [2.45, 2.75) is 26.4 Å². The van der Waals surface area contributed by atoms with Crippen LogP contribution in [-0.4, -0.2) is 39.3 Å². The second-order valence-corrected chi connectivity index (χ2v) is 7.00. The summed E-state index contributed by atoms with van der Waals surface area (Å²) in [6.45, 7) is 3.89. The van der Waals surface area contributed by atoms with Gasteiger partial charge in [0.15, 0.2) is 11.8 Å². The van der Waals surface area contributed by atoms with Crippen LogP contribution >= 0.6 is 23.4 Å². The number of aliphatic imine (C=N–C) groups is 1. The van der Waals surface area contributed by atoms with E-state index < -0.39 is 0 Å². The minimum absolute atomic E-state index is 0.523. The van der Waals surface area contributed by atoms with E-state index in [2.05, 4.69) is 32.1 Å². The summed E-state index contributed by atoms with van der Waals surface area (Å²) < 4.78 is 1.96. The second kappa shape index (κ2) is 10.3. The standard InChI is InChI=1S/C17H25ClN6S/c1-13-22-23-16(24(13)2)12-21-17(19-9-6-10-25-3)20-11-14-7-4-5-8-15(14)18/h4-5,7-8H,6,9-12H2,1-3H3,(H2,19,20,21). The maximum atomic E-state index is 6.22. The number of rotatable bonds is 8. The molecule has 25 heavy (non-hydrogen) atoms. The van der Waals surface area contributed by atoms with Crippen molar-refractivity contribution in [2.75, 3.05) is 18.6 Å². The fraction of sp³-hybridized carbons (Fsp3) is 0.471. The lowest BCUT2D eigenvalue weighted by Gasteiger charge is -2.12. The number of guanidine groups is 1. The van der Waals surface area contributed by atoms with Crippen LogP contribution < -0.4 is 10.6 Å². The van der Waals surface area contributed by atoms with Crippen LogP contribution in [0.15, 0.2) is 29.3 Å². The van der Waals surface area contributed by atoms with Crippen LogP contribution in [0, 0.1) is 6.92 Å². The zero-order chi connectivity index (χ0) is 18.1. The molecule has 8 heteroatoms. The van der Waals surface area contributed by atoms with Crippen molar-refractivity contribution in [1.29, 1.82) is 0 Å². The molecule has 0 radical (unpaired) electrons. The first-order valence-corrected chi connectivity index (χ1v) is 9.98. The van der Waals surface area contributed by atoms with E-state index in [9.17, 15) is 0 Å². The average molecular weight is 381 g/mol. The molecule has 0 atom stereocenters. The monoisotopic (exact) mass is 380 g/mol. The number of thioether (sulfide) groups is 1. The summed E-state index contributed by atoms with van der Waals surface area (Å²) in [4.78, 5) is 4.65. The summed E-state index contributed by atoms with van der Waals surface area (Å²) in [6.07, 6.45) is 3.19. The Hall–Kier alpha value is -1.73. The molecular weight excluding hydrogens is 356 g/mol. The molecule has 0 unspecified atom stereocenters. The van der Waals surface area contributed by atoms with Gasteiger partial charge in [-0.2, -0.15) is 11.8 Å². The van der Waals surface area contributed by atoms with E-state index in [0.29, 0.717) is 13.1 Å². The Labute approximate surface area is 158 Å². The molecule has 2 rings (SSSR count). The summed E-state index contributed by atoms with van der Waals surface area (Å²) >= 11 is 8.06. The van der Waals surface area contributed by atoms with Crippen LogP contribution in [0.25, 0.3) is 0 Å². The van der Waals surface area contributed by atoms with E-state index in [4.69, 9.17) is 11.6 Å². The summed E-state index contributed by atoms with van der Waals surface area (Å²) in [6, 6.07) is 7.76. The van der Waals surface area contributed by atoms with Crippen molar-refractivity contribution in [3.63, 3.8) is 0 Å². The lowest BCUT2D eigenvalue weighted by Crippen LogP contribution is -2.38. The predicted molar refractivity (Wildman–Crippen MR) is 106 cm³/mol. The summed E-state index contributed by atoms with van der Waals surface area (Å²) in [5.41, 5.74) is 1.00. The number of nitrogens with one attached hydrogen (secondary N) is 2. The van der Waals surface area contributed by atoms with Gasteiger partial charge in [0.25, 0.3) is 0 Å². The Morgan fingerprint density at radius 2 is 2.08 bits per heavy atom. The first kappa shape index (κ1) is 19.6. The van der Waals surface area contributed by atoms with Gasteiger partial charge in [0.1, 0.15) is 5.82 Å². The third kappa shape index (κ3) is 6.25. The van der Waals surface area contributed by atoms with Crippen molar-refractivity contribution in [1.82, 2.24) is 25.4 Å². The number of benzene rings is 1. The third-order valence-electron chi connectivity index (χ3n) is 3.78. The molecule has 136 valence electrons. The first-order chi connectivity index (χ1) is 12.1. The van der Waals surface area contributed by atoms with Gasteiger partial charge < -0.3 is 15.2 Å². The quantitative estimate of drug-likeness (QED) is 0.418. The predicted octanol–water partition coefficient (Wildman–Crippen LogP) is 2.77. The molecule has 1 aromatic carbocycles. The Morgan fingerprint density at radius 3 is 2.76 bits per heavy atom. The van der Waals surface area contributed by atoms with Crippen molar-refractivity contribution in [3.8, 4) is 0 Å². The Morgan fingerprint density at radius 1 is 1.28 bits per heavy atom. The van der Waals surface area contributed by atoms with Crippen LogP contribution in [0.4, 0.5) is 0 Å². The minimum atomic E-state index is 0.523. The van der Waals surface area contributed by atoms with Crippen LogP contribution in [0.3, 0.4) is 0 Å². The SMILES string of the molecule is CSCCCNC(=NCc1ccccc1Cl)NCc1nnc(C)n1C. The van der Waals surface area contributed by atoms with Crippen molar-refractivity contribution in [3.05, 3.63) is 46.5 Å². The number of hydrogen-bond acceptors (Lipinski definition) is 4. The molecule has 0 bridgehead atoms. The van der Waals surface area contributed by atoms with Crippen LogP contribution in [-0.2, 0) is 20.1 Å². The molecule has 6 nitrogen and oxygen atoms in total. The van der Waals surface area contributed by atoms with Gasteiger partial charge in [0, 0.05) is 18.6 Å². The highest BCUT2D eigenvalue weighted by Gasteiger charge is 2.06. The molecule has 2 aromatic rings. The maximum absolute atomic E-state index is 6.22. The zero-order valence-electron chi connectivity index (χ0n) is 14.9. The fourth-order valence-corrected chi connectivity index (χ4v) is 2.78. The molecule has 0 fully saturated rings. The molecular formula is C17H25ClN6S. The van der Waals surface area contributed by atoms with Gasteiger partial charge in [-0.05, 0) is 37.0 Å². The van der Waals surface area contributed by atoms with E-state index in [1.165, 1.54) is 0 Å². The normalized spacial score (nSPS) is 11.6. The average Bonchev–Trinajstić information content (AvgIpc) is 2.93. The van der Waals surface area contributed by atoms with E-state index in [-0.39, 0.29) is 0 Å². The number of aryl methyl sites for hydroxylation is 1. The lowest BCUT2D eigenvalue weighted by molar-refractivity contribution is 0.711. The molecule has 0 spiro atoms. The fourth-order valence-electron chi connectivity index (χ4n) is 2.16. The first-order valence-electron chi connectivity index (χ1n) is 8.21. The van der Waals surface area contributed by atoms with Gasteiger partial charge in [-0.3, -0.25) is 0 Å². The topological polar surface area (TPSA) is 67.1 Å². The molecule has 1 heterocycles. The second-order valence-electron chi connectivity index (χ2n) is 5.61. The van der Waals surface area contributed by atoms with Crippen molar-refractivity contribution in [2.24, 2.45) is 12.0 Å². The minimum Gasteiger partial charge on any atom is -0.356 e. The van der Waals surface area contributed by atoms with Crippen LogP contribution in [0.2, 0.25) is 5.02 Å². The van der Waals surface area contributed by atoms with Crippen LogP contribution in [0.5, 0.6) is 0 Å². The molecule has 2 N–H and O–H groups in total. The van der Waals surface area contributed by atoms with E-state index in [1.54, 1.807) is 0 Å². The third-order valence-corrected chi connectivity index (χ3v) is 4.85. The van der Waals surface area contributed by atoms with E-state index >= 15 is 0 Å². The number of aromatic nitrogens is 3. The van der Waals surface area contributed by atoms with Gasteiger partial charge in [0.05, 0.1) is 13.1 Å². The lowest BCUT2D eigenvalue weighted by atomic mass is 10.2. The molecule has 0 saturated heterocycles. The number of halogens is 1. The van der Waals surface area contributed by atoms with E-state index in [0.717, 1.165) is 46.9 Å². The van der Waals surface area contributed by atoms with Gasteiger partial charge in [0.2, 0.25) is 0 Å². The van der Waals surface area contributed by atoms with Crippen molar-refractivity contribution >= 4 is 29.3 Å². The van der Waals surface area contributed by atoms with Gasteiger partial charge in [-0.15, -0.1) is 10.2 Å². The maximum Gasteiger partial charge on any atom is 0.191 e. The number of hydrogen-bond donors (Lipinski definition) is 2. The molecule has 1 aromatic heterocycles. The van der Waals surface area contributed by atoms with Crippen LogP contribution in [0.1, 0.15) is 23.6 Å². The highest BCUT2D eigenvalue weighted by molar-refractivity contribution is 7.98. The molecule has 0 aliphatic heterocycles. The molecule has 0 saturated carbocycles. The highest BCUT2D eigenvalue weighted by Crippen LogP contribution is 2.15. The molecule has 0 aliphatic rings. The van der Waals surface area contributed by atoms with Crippen molar-refractivity contribution < 1.29 is 0 Å². The zero-order valence-corrected chi connectivity index (χ0v) is 16.5. The largest absolute Gasteiger partial charge is 0.356 e. The molecule has 0 amide bonds. The van der Waals surface area contributed by atoms with E-state index in [1.807, 2.05) is 54.6 Å². The summed E-state index contributed by atoms with van der Waals surface area (Å²) in [7, 11) is 1.96. The Bertz CT molecular complexity index is 700. The van der Waals surface area contributed by atoms with Gasteiger partial charge in [-0.25, -0.2) is 4.99 Å². The Kier molecular flexibility index (Phi) is 8.08.